The summed E-state index contributed by atoms with van der Waals surface area (Å²) in [6.45, 7) is 1.14. The van der Waals surface area contributed by atoms with Crippen LogP contribution in [-0.2, 0) is 11.2 Å². The van der Waals surface area contributed by atoms with Gasteiger partial charge in [-0.2, -0.15) is 0 Å². The summed E-state index contributed by atoms with van der Waals surface area (Å²) in [5.74, 6) is -0.475. The molecule has 3 unspecified atom stereocenters. The number of phenolic OH excluding ortho intramolecular Hbond substituents is 1. The number of aromatic hydroxyl groups is 1. The Morgan fingerprint density at radius 1 is 1.03 bits per heavy atom. The lowest BCUT2D eigenvalue weighted by molar-refractivity contribution is -0.277. The van der Waals surface area contributed by atoms with Crippen molar-refractivity contribution in [2.75, 3.05) is 6.61 Å². The summed E-state index contributed by atoms with van der Waals surface area (Å²) < 4.78 is 16.3. The fraction of sp³-hybridized carbons (Fsp3) is 0.348. The first-order chi connectivity index (χ1) is 15.3. The number of hydrogen-bond acceptors (Lipinski definition) is 9. The van der Waals surface area contributed by atoms with E-state index in [1.165, 1.54) is 12.1 Å². The van der Waals surface area contributed by atoms with Crippen LogP contribution in [0.25, 0.3) is 11.0 Å². The van der Waals surface area contributed by atoms with E-state index in [0.29, 0.717) is 22.9 Å². The minimum Gasteiger partial charge on any atom is -0.504 e. The quantitative estimate of drug-likeness (QED) is 0.356. The molecule has 0 spiro atoms. The number of ether oxygens (including phenoxy) is 2. The van der Waals surface area contributed by atoms with E-state index in [4.69, 9.17) is 13.9 Å². The molecule has 9 heteroatoms. The third-order valence-corrected chi connectivity index (χ3v) is 5.68. The highest BCUT2D eigenvalue weighted by atomic mass is 16.7. The average molecular weight is 444 g/mol. The highest BCUT2D eigenvalue weighted by Crippen LogP contribution is 2.35. The molecule has 9 nitrogen and oxygen atoms in total. The van der Waals surface area contributed by atoms with E-state index in [0.717, 1.165) is 5.56 Å². The van der Waals surface area contributed by atoms with Crippen molar-refractivity contribution in [3.05, 3.63) is 69.6 Å². The van der Waals surface area contributed by atoms with Gasteiger partial charge >= 0.3 is 5.63 Å². The molecule has 170 valence electrons. The molecule has 4 rings (SSSR count). The number of aryl methyl sites for hydroxylation is 1. The van der Waals surface area contributed by atoms with E-state index >= 15 is 0 Å². The Hall–Kier alpha value is -2.95. The van der Waals surface area contributed by atoms with Gasteiger partial charge in [0.05, 0.1) is 6.61 Å². The minimum absolute atomic E-state index is 0.154. The van der Waals surface area contributed by atoms with Crippen molar-refractivity contribution in [2.24, 2.45) is 0 Å². The van der Waals surface area contributed by atoms with Crippen molar-refractivity contribution >= 4 is 11.0 Å². The van der Waals surface area contributed by atoms with Crippen molar-refractivity contribution in [3.63, 3.8) is 0 Å². The van der Waals surface area contributed by atoms with Crippen molar-refractivity contribution in [1.82, 2.24) is 0 Å². The summed E-state index contributed by atoms with van der Waals surface area (Å²) in [6.07, 6.45) is -7.10. The third-order valence-electron chi connectivity index (χ3n) is 5.68. The maximum Gasteiger partial charge on any atom is 0.340 e. The van der Waals surface area contributed by atoms with Crippen LogP contribution in [0.15, 0.2) is 51.7 Å². The highest BCUT2D eigenvalue weighted by molar-refractivity contribution is 5.84. The number of rotatable bonds is 5. The second kappa shape index (κ2) is 8.89. The largest absolute Gasteiger partial charge is 0.504 e. The number of hydrogen-bond donors (Lipinski definition) is 5. The maximum atomic E-state index is 12.6. The zero-order valence-corrected chi connectivity index (χ0v) is 17.2. The normalized spacial score (nSPS) is 25.7. The molecule has 5 atom stereocenters. The van der Waals surface area contributed by atoms with Gasteiger partial charge in [-0.3, -0.25) is 0 Å². The molecule has 1 aromatic heterocycles. The maximum absolute atomic E-state index is 12.6. The van der Waals surface area contributed by atoms with Crippen LogP contribution in [0.5, 0.6) is 11.5 Å². The molecule has 3 aromatic rings. The van der Waals surface area contributed by atoms with Gasteiger partial charge in [-0.1, -0.05) is 30.3 Å². The van der Waals surface area contributed by atoms with Gasteiger partial charge in [-0.05, 0) is 24.1 Å². The standard InChI is InChI=1S/C23H24O9/c1-11-13-8-15(25)17(31-23-21(28)20(27)19(26)18(10-24)32-23)9-16(13)30-22(29)14(11)7-12-5-3-2-4-6-12/h2-6,8-9,18-21,23-28H,7,10H2,1H3/t18?,19-,20?,21?,23-/m1/s1. The smallest absolute Gasteiger partial charge is 0.340 e. The fourth-order valence-electron chi connectivity index (χ4n) is 3.79. The molecule has 1 aliphatic heterocycles. The van der Waals surface area contributed by atoms with Crippen LogP contribution in [0.2, 0.25) is 0 Å². The van der Waals surface area contributed by atoms with Gasteiger partial charge in [0, 0.05) is 23.4 Å². The van der Waals surface area contributed by atoms with E-state index in [2.05, 4.69) is 0 Å². The second-order valence-corrected chi connectivity index (χ2v) is 7.79. The SMILES string of the molecule is Cc1c(Cc2ccccc2)c(=O)oc2cc(O[C@@H]3OC(CO)[C@@H](O)C(O)C3O)c(O)cc12. The lowest BCUT2D eigenvalue weighted by Crippen LogP contribution is -2.60. The Morgan fingerprint density at radius 2 is 1.75 bits per heavy atom. The van der Waals surface area contributed by atoms with E-state index in [9.17, 15) is 30.3 Å². The minimum atomic E-state index is -1.65. The monoisotopic (exact) mass is 444 g/mol. The van der Waals surface area contributed by atoms with Crippen LogP contribution in [0.4, 0.5) is 0 Å². The van der Waals surface area contributed by atoms with Crippen LogP contribution < -0.4 is 10.4 Å². The molecular formula is C23H24O9. The summed E-state index contributed by atoms with van der Waals surface area (Å²) in [4.78, 5) is 12.6. The van der Waals surface area contributed by atoms with Gasteiger partial charge in [-0.15, -0.1) is 0 Å². The van der Waals surface area contributed by atoms with Gasteiger partial charge in [0.2, 0.25) is 6.29 Å². The Bertz CT molecular complexity index is 1160. The topological polar surface area (TPSA) is 150 Å². The van der Waals surface area contributed by atoms with E-state index in [1.54, 1.807) is 6.92 Å². The van der Waals surface area contributed by atoms with E-state index in [-0.39, 0.29) is 17.1 Å². The molecule has 32 heavy (non-hydrogen) atoms. The highest BCUT2D eigenvalue weighted by Gasteiger charge is 2.45. The molecule has 0 radical (unpaired) electrons. The lowest BCUT2D eigenvalue weighted by atomic mass is 9.99. The summed E-state index contributed by atoms with van der Waals surface area (Å²) in [5.41, 5.74) is 1.68. The summed E-state index contributed by atoms with van der Waals surface area (Å²) in [7, 11) is 0. The lowest BCUT2D eigenvalue weighted by Gasteiger charge is -2.39. The van der Waals surface area contributed by atoms with Crippen molar-refractivity contribution in [1.29, 1.82) is 0 Å². The zero-order valence-electron chi connectivity index (χ0n) is 17.2. The molecule has 1 saturated heterocycles. The zero-order chi connectivity index (χ0) is 23.0. The van der Waals surface area contributed by atoms with Crippen LogP contribution in [0.3, 0.4) is 0 Å². The average Bonchev–Trinajstić information content (AvgIpc) is 2.79. The fourth-order valence-corrected chi connectivity index (χ4v) is 3.79. The molecule has 0 bridgehead atoms. The van der Waals surface area contributed by atoms with Crippen molar-refractivity contribution < 1.29 is 39.4 Å². The third kappa shape index (κ3) is 4.08. The predicted octanol–water partition coefficient (Wildman–Crippen LogP) is 0.577. The summed E-state index contributed by atoms with van der Waals surface area (Å²) >= 11 is 0. The molecule has 2 aromatic carbocycles. The van der Waals surface area contributed by atoms with Gasteiger partial charge in [-0.25, -0.2) is 4.79 Å². The molecular weight excluding hydrogens is 420 g/mol. The van der Waals surface area contributed by atoms with Gasteiger partial charge in [0.1, 0.15) is 30.0 Å². The van der Waals surface area contributed by atoms with E-state index in [1.807, 2.05) is 30.3 Å². The number of benzene rings is 2. The first-order valence-corrected chi connectivity index (χ1v) is 10.1. The molecule has 5 N–H and O–H groups in total. The van der Waals surface area contributed by atoms with Crippen molar-refractivity contribution in [2.45, 2.75) is 44.1 Å². The molecule has 1 aliphatic rings. The first kappa shape index (κ1) is 22.3. The number of aliphatic hydroxyl groups is 4. The Kier molecular flexibility index (Phi) is 6.18. The van der Waals surface area contributed by atoms with E-state index < -0.39 is 42.9 Å². The number of aliphatic hydroxyl groups excluding tert-OH is 4. The molecule has 0 amide bonds. The molecule has 1 fully saturated rings. The summed E-state index contributed by atoms with van der Waals surface area (Å²) in [5, 5.41) is 50.3. The van der Waals surface area contributed by atoms with Gasteiger partial charge in [0.25, 0.3) is 0 Å². The number of phenols is 1. The Labute approximate surface area is 182 Å². The van der Waals surface area contributed by atoms with Crippen LogP contribution in [-0.4, -0.2) is 62.8 Å². The second-order valence-electron chi connectivity index (χ2n) is 7.79. The van der Waals surface area contributed by atoms with Crippen LogP contribution in [0.1, 0.15) is 16.7 Å². The first-order valence-electron chi connectivity index (χ1n) is 10.1. The molecule has 0 saturated carbocycles. The van der Waals surface area contributed by atoms with Crippen LogP contribution in [0, 0.1) is 6.92 Å². The molecule has 2 heterocycles. The predicted molar refractivity (Wildman–Crippen MR) is 113 cm³/mol. The Morgan fingerprint density at radius 3 is 2.44 bits per heavy atom. The van der Waals surface area contributed by atoms with Gasteiger partial charge < -0.3 is 39.4 Å². The Balaban J connectivity index is 1.67. The van der Waals surface area contributed by atoms with Gasteiger partial charge in [0.15, 0.2) is 11.5 Å². The molecule has 0 aliphatic carbocycles. The summed E-state index contributed by atoms with van der Waals surface area (Å²) in [6, 6.07) is 12.1. The van der Waals surface area contributed by atoms with Crippen LogP contribution >= 0.6 is 0 Å². The van der Waals surface area contributed by atoms with Crippen molar-refractivity contribution in [3.8, 4) is 11.5 Å². The number of fused-ring (bicyclic) bond motifs is 1.